The van der Waals surface area contributed by atoms with Gasteiger partial charge >= 0.3 is 17.9 Å². The summed E-state index contributed by atoms with van der Waals surface area (Å²) in [6.07, 6.45) is 55.9. The quantitative estimate of drug-likeness (QED) is 0.0263. The molecule has 0 saturated heterocycles. The monoisotopic (exact) mass is 845 g/mol. The van der Waals surface area contributed by atoms with E-state index in [0.29, 0.717) is 19.3 Å². The van der Waals surface area contributed by atoms with E-state index in [9.17, 15) is 14.4 Å². The van der Waals surface area contributed by atoms with Crippen LogP contribution >= 0.6 is 0 Å². The number of esters is 3. The zero-order chi connectivity index (χ0) is 43.7. The largest absolute Gasteiger partial charge is 0.462 e. The SMILES string of the molecule is CCCCCC/C=C\CCCCCCCC(=O)OC(COC(=O)CCCCCCCCCCCC)COC(=O)CCCCCCCCCCC/C=C\CCCCCCCC. The maximum absolute atomic E-state index is 12.8. The summed E-state index contributed by atoms with van der Waals surface area (Å²) in [6.45, 7) is 6.62. The van der Waals surface area contributed by atoms with Gasteiger partial charge in [-0.05, 0) is 70.6 Å². The average Bonchev–Trinajstić information content (AvgIpc) is 3.24. The van der Waals surface area contributed by atoms with E-state index in [4.69, 9.17) is 14.2 Å². The number of hydrogen-bond acceptors (Lipinski definition) is 6. The van der Waals surface area contributed by atoms with Gasteiger partial charge in [-0.15, -0.1) is 0 Å². The van der Waals surface area contributed by atoms with Gasteiger partial charge < -0.3 is 14.2 Å². The molecule has 0 aliphatic carbocycles. The molecule has 352 valence electrons. The molecule has 0 rings (SSSR count). The number of carbonyl (C=O) groups excluding carboxylic acids is 3. The van der Waals surface area contributed by atoms with Crippen molar-refractivity contribution >= 4 is 17.9 Å². The second-order valence-electron chi connectivity index (χ2n) is 17.8. The molecule has 0 radical (unpaired) electrons. The Morgan fingerprint density at radius 3 is 0.850 bits per heavy atom. The summed E-state index contributed by atoms with van der Waals surface area (Å²) in [5.41, 5.74) is 0. The Morgan fingerprint density at radius 2 is 0.550 bits per heavy atom. The Kier molecular flexibility index (Phi) is 47.8. The first-order valence-electron chi connectivity index (χ1n) is 26.3. The average molecular weight is 845 g/mol. The second kappa shape index (κ2) is 49.5. The third-order valence-electron chi connectivity index (χ3n) is 11.7. The molecular formula is C54H100O6. The fraction of sp³-hybridized carbons (Fsp3) is 0.870. The fourth-order valence-corrected chi connectivity index (χ4v) is 7.67. The molecule has 0 saturated carbocycles. The zero-order valence-electron chi connectivity index (χ0n) is 40.2. The molecule has 0 heterocycles. The molecule has 0 aromatic heterocycles. The molecule has 0 bridgehead atoms. The minimum atomic E-state index is -0.770. The third kappa shape index (κ3) is 46.9. The first-order valence-corrected chi connectivity index (χ1v) is 26.3. The summed E-state index contributed by atoms with van der Waals surface area (Å²) in [5, 5.41) is 0. The minimum Gasteiger partial charge on any atom is -0.462 e. The number of rotatable bonds is 48. The van der Waals surface area contributed by atoms with Gasteiger partial charge in [0.05, 0.1) is 0 Å². The van der Waals surface area contributed by atoms with E-state index in [1.54, 1.807) is 0 Å². The van der Waals surface area contributed by atoms with Crippen molar-refractivity contribution in [2.75, 3.05) is 13.2 Å². The van der Waals surface area contributed by atoms with Gasteiger partial charge in [-0.25, -0.2) is 0 Å². The van der Waals surface area contributed by atoms with Crippen LogP contribution in [0.4, 0.5) is 0 Å². The van der Waals surface area contributed by atoms with Crippen LogP contribution in [0.25, 0.3) is 0 Å². The van der Waals surface area contributed by atoms with Crippen molar-refractivity contribution < 1.29 is 28.6 Å². The van der Waals surface area contributed by atoms with E-state index in [2.05, 4.69) is 45.1 Å². The Balaban J connectivity index is 4.28. The summed E-state index contributed by atoms with van der Waals surface area (Å²) in [7, 11) is 0. The van der Waals surface area contributed by atoms with E-state index in [0.717, 1.165) is 64.2 Å². The van der Waals surface area contributed by atoms with Crippen molar-refractivity contribution in [2.45, 2.75) is 290 Å². The number of ether oxygens (including phenoxy) is 3. The van der Waals surface area contributed by atoms with Crippen LogP contribution < -0.4 is 0 Å². The molecule has 0 aliphatic rings. The predicted octanol–water partition coefficient (Wildman–Crippen LogP) is 17.2. The highest BCUT2D eigenvalue weighted by atomic mass is 16.6. The van der Waals surface area contributed by atoms with Gasteiger partial charge in [0.2, 0.25) is 0 Å². The van der Waals surface area contributed by atoms with Gasteiger partial charge in [-0.3, -0.25) is 14.4 Å². The smallest absolute Gasteiger partial charge is 0.306 e. The van der Waals surface area contributed by atoms with Crippen molar-refractivity contribution in [1.82, 2.24) is 0 Å². The fourth-order valence-electron chi connectivity index (χ4n) is 7.67. The first kappa shape index (κ1) is 57.9. The molecule has 0 amide bonds. The van der Waals surface area contributed by atoms with Crippen LogP contribution in [-0.4, -0.2) is 37.2 Å². The van der Waals surface area contributed by atoms with Gasteiger partial charge in [0.15, 0.2) is 6.10 Å². The lowest BCUT2D eigenvalue weighted by atomic mass is 10.1. The molecule has 1 unspecified atom stereocenters. The Hall–Kier alpha value is -2.11. The highest BCUT2D eigenvalue weighted by molar-refractivity contribution is 5.71. The number of hydrogen-bond donors (Lipinski definition) is 0. The summed E-state index contributed by atoms with van der Waals surface area (Å²) < 4.78 is 16.8. The van der Waals surface area contributed by atoms with Crippen molar-refractivity contribution in [1.29, 1.82) is 0 Å². The summed E-state index contributed by atoms with van der Waals surface area (Å²) in [5.74, 6) is -0.872. The third-order valence-corrected chi connectivity index (χ3v) is 11.7. The van der Waals surface area contributed by atoms with E-state index in [1.807, 2.05) is 0 Å². The highest BCUT2D eigenvalue weighted by Crippen LogP contribution is 2.15. The molecule has 1 atom stereocenters. The van der Waals surface area contributed by atoms with E-state index >= 15 is 0 Å². The number of allylic oxidation sites excluding steroid dienone is 4. The molecule has 6 heteroatoms. The van der Waals surface area contributed by atoms with Crippen molar-refractivity contribution in [3.63, 3.8) is 0 Å². The van der Waals surface area contributed by atoms with Crippen molar-refractivity contribution in [2.24, 2.45) is 0 Å². The molecule has 0 aromatic carbocycles. The van der Waals surface area contributed by atoms with Gasteiger partial charge in [-0.1, -0.05) is 218 Å². The molecule has 60 heavy (non-hydrogen) atoms. The lowest BCUT2D eigenvalue weighted by Gasteiger charge is -2.18. The number of unbranched alkanes of at least 4 members (excludes halogenated alkanes) is 33. The van der Waals surface area contributed by atoms with E-state index in [-0.39, 0.29) is 31.1 Å². The minimum absolute atomic E-state index is 0.0717. The first-order chi connectivity index (χ1) is 29.5. The van der Waals surface area contributed by atoms with Crippen molar-refractivity contribution in [3.05, 3.63) is 24.3 Å². The van der Waals surface area contributed by atoms with Crippen molar-refractivity contribution in [3.8, 4) is 0 Å². The van der Waals surface area contributed by atoms with Gasteiger partial charge in [-0.2, -0.15) is 0 Å². The lowest BCUT2D eigenvalue weighted by molar-refractivity contribution is -0.167. The van der Waals surface area contributed by atoms with Crippen LogP contribution in [0, 0.1) is 0 Å². The number of carbonyl (C=O) groups is 3. The van der Waals surface area contributed by atoms with E-state index < -0.39 is 6.10 Å². The predicted molar refractivity (Wildman–Crippen MR) is 256 cm³/mol. The molecule has 0 aromatic rings. The standard InChI is InChI=1S/C54H100O6/c1-4-7-10-13-16-19-22-24-25-26-27-28-29-31-32-35-38-41-44-47-53(56)59-50-51(49-58-52(55)46-43-40-37-34-21-18-15-12-9-6-3)60-54(57)48-45-42-39-36-33-30-23-20-17-14-11-8-5-2/h20,23-25,51H,4-19,21-22,26-50H2,1-3H3/b23-20-,25-24-. The zero-order valence-corrected chi connectivity index (χ0v) is 40.2. The van der Waals surface area contributed by atoms with Crippen LogP contribution in [0.3, 0.4) is 0 Å². The van der Waals surface area contributed by atoms with Gasteiger partial charge in [0.1, 0.15) is 13.2 Å². The second-order valence-corrected chi connectivity index (χ2v) is 17.8. The maximum atomic E-state index is 12.8. The lowest BCUT2D eigenvalue weighted by Crippen LogP contribution is -2.30. The van der Waals surface area contributed by atoms with Crippen LogP contribution in [0.5, 0.6) is 0 Å². The normalized spacial score (nSPS) is 12.1. The summed E-state index contributed by atoms with van der Waals surface area (Å²) in [6, 6.07) is 0. The molecular weight excluding hydrogens is 745 g/mol. The summed E-state index contributed by atoms with van der Waals surface area (Å²) in [4.78, 5) is 37.9. The summed E-state index contributed by atoms with van der Waals surface area (Å²) >= 11 is 0. The molecule has 0 N–H and O–H groups in total. The molecule has 0 spiro atoms. The molecule has 0 fully saturated rings. The van der Waals surface area contributed by atoms with Crippen LogP contribution in [0.15, 0.2) is 24.3 Å². The van der Waals surface area contributed by atoms with Crippen LogP contribution in [0.2, 0.25) is 0 Å². The van der Waals surface area contributed by atoms with E-state index in [1.165, 1.54) is 180 Å². The molecule has 6 nitrogen and oxygen atoms in total. The Morgan fingerprint density at radius 1 is 0.317 bits per heavy atom. The van der Waals surface area contributed by atoms with Gasteiger partial charge in [0.25, 0.3) is 0 Å². The Bertz CT molecular complexity index is 973. The van der Waals surface area contributed by atoms with Crippen LogP contribution in [-0.2, 0) is 28.6 Å². The molecule has 0 aliphatic heterocycles. The highest BCUT2D eigenvalue weighted by Gasteiger charge is 2.19. The van der Waals surface area contributed by atoms with Gasteiger partial charge in [0, 0.05) is 19.3 Å². The topological polar surface area (TPSA) is 78.9 Å². The maximum Gasteiger partial charge on any atom is 0.306 e. The Labute approximate surface area is 373 Å². The van der Waals surface area contributed by atoms with Crippen LogP contribution in [0.1, 0.15) is 284 Å².